The summed E-state index contributed by atoms with van der Waals surface area (Å²) in [5.41, 5.74) is 7.72. The molecule has 0 unspecified atom stereocenters. The van der Waals surface area contributed by atoms with E-state index in [1.807, 2.05) is 30.3 Å². The van der Waals surface area contributed by atoms with Crippen molar-refractivity contribution in [1.29, 1.82) is 0 Å². The molecule has 0 atom stereocenters. The smallest absolute Gasteiger partial charge is 0.184 e. The van der Waals surface area contributed by atoms with Crippen LogP contribution in [0.5, 0.6) is 0 Å². The van der Waals surface area contributed by atoms with Crippen LogP contribution in [-0.4, -0.2) is 11.3 Å². The number of hydrazone groups is 1. The summed E-state index contributed by atoms with van der Waals surface area (Å²) in [6.07, 6.45) is 1.50. The molecule has 1 aromatic heterocycles. The molecular weight excluding hydrogens is 382 g/mol. The van der Waals surface area contributed by atoms with Crippen LogP contribution in [-0.2, 0) is 0 Å². The average molecular weight is 391 g/mol. The van der Waals surface area contributed by atoms with Gasteiger partial charge >= 0.3 is 0 Å². The van der Waals surface area contributed by atoms with E-state index >= 15 is 0 Å². The summed E-state index contributed by atoms with van der Waals surface area (Å²) in [7, 11) is 0. The third kappa shape index (κ3) is 4.52. The van der Waals surface area contributed by atoms with Gasteiger partial charge in [-0.25, -0.2) is 0 Å². The lowest BCUT2D eigenvalue weighted by Gasteiger charge is -1.98. The molecule has 104 valence electrons. The van der Waals surface area contributed by atoms with E-state index in [9.17, 15) is 0 Å². The number of nitrogens with two attached hydrogens (primary N) is 1. The van der Waals surface area contributed by atoms with Gasteiger partial charge in [0.25, 0.3) is 0 Å². The van der Waals surface area contributed by atoms with Crippen LogP contribution < -0.4 is 11.2 Å². The van der Waals surface area contributed by atoms with Gasteiger partial charge in [0.05, 0.1) is 10.7 Å². The standard InChI is InChI=1S/C12H9BrClN3OS2/c13-10-5-8(6-16-17-12(15)19)18-11(10)20-9-3-1-7(14)2-4-9/h1-6H,(H3,15,17,19)/b16-6+. The molecule has 0 fully saturated rings. The first kappa shape index (κ1) is 15.4. The molecule has 1 heterocycles. The SMILES string of the molecule is NC(=S)N/N=C/c1cc(Br)c(Sc2ccc(Cl)cc2)o1. The van der Waals surface area contributed by atoms with Gasteiger partial charge < -0.3 is 10.2 Å². The van der Waals surface area contributed by atoms with E-state index in [-0.39, 0.29) is 5.11 Å². The van der Waals surface area contributed by atoms with E-state index < -0.39 is 0 Å². The van der Waals surface area contributed by atoms with Crippen LogP contribution >= 0.6 is 51.5 Å². The second-order valence-electron chi connectivity index (χ2n) is 3.57. The van der Waals surface area contributed by atoms with Crippen LogP contribution in [0.3, 0.4) is 0 Å². The van der Waals surface area contributed by atoms with Crippen molar-refractivity contribution >= 4 is 62.8 Å². The van der Waals surface area contributed by atoms with Gasteiger partial charge in [0, 0.05) is 16.0 Å². The van der Waals surface area contributed by atoms with Crippen LogP contribution in [0.25, 0.3) is 0 Å². The van der Waals surface area contributed by atoms with Crippen LogP contribution in [0.15, 0.2) is 54.3 Å². The summed E-state index contributed by atoms with van der Waals surface area (Å²) in [5.74, 6) is 0.581. The molecule has 4 nitrogen and oxygen atoms in total. The lowest BCUT2D eigenvalue weighted by atomic mass is 10.4. The van der Waals surface area contributed by atoms with Crippen molar-refractivity contribution in [2.45, 2.75) is 9.99 Å². The minimum atomic E-state index is 0.0997. The van der Waals surface area contributed by atoms with Crippen LogP contribution in [0.2, 0.25) is 5.02 Å². The first-order valence-corrected chi connectivity index (χ1v) is 7.75. The molecule has 0 aliphatic heterocycles. The van der Waals surface area contributed by atoms with Crippen molar-refractivity contribution in [3.63, 3.8) is 0 Å². The summed E-state index contributed by atoms with van der Waals surface area (Å²) in [6, 6.07) is 9.31. The number of halogens is 2. The van der Waals surface area contributed by atoms with Crippen molar-refractivity contribution in [2.75, 3.05) is 0 Å². The molecule has 0 spiro atoms. The minimum absolute atomic E-state index is 0.0997. The van der Waals surface area contributed by atoms with E-state index in [4.69, 9.17) is 21.8 Å². The van der Waals surface area contributed by atoms with Gasteiger partial charge in [0.2, 0.25) is 0 Å². The van der Waals surface area contributed by atoms with E-state index in [2.05, 4.69) is 38.7 Å². The van der Waals surface area contributed by atoms with E-state index in [1.165, 1.54) is 18.0 Å². The zero-order valence-electron chi connectivity index (χ0n) is 9.97. The van der Waals surface area contributed by atoms with Gasteiger partial charge in [-0.2, -0.15) is 5.10 Å². The minimum Gasteiger partial charge on any atom is -0.447 e. The van der Waals surface area contributed by atoms with Crippen molar-refractivity contribution in [3.8, 4) is 0 Å². The highest BCUT2D eigenvalue weighted by Gasteiger charge is 2.09. The molecule has 0 aliphatic rings. The second-order valence-corrected chi connectivity index (χ2v) is 6.35. The van der Waals surface area contributed by atoms with Gasteiger partial charge in [-0.15, -0.1) is 0 Å². The molecule has 20 heavy (non-hydrogen) atoms. The second kappa shape index (κ2) is 7.12. The Kier molecular flexibility index (Phi) is 5.47. The van der Waals surface area contributed by atoms with Crippen molar-refractivity contribution in [1.82, 2.24) is 5.43 Å². The lowest BCUT2D eigenvalue weighted by molar-refractivity contribution is 0.466. The summed E-state index contributed by atoms with van der Waals surface area (Å²) in [4.78, 5) is 1.02. The largest absolute Gasteiger partial charge is 0.447 e. The molecular formula is C12H9BrClN3OS2. The molecule has 2 aromatic rings. The number of hydrogen-bond donors (Lipinski definition) is 2. The third-order valence-corrected chi connectivity index (χ3v) is 4.26. The van der Waals surface area contributed by atoms with Gasteiger partial charge in [0.1, 0.15) is 5.76 Å². The van der Waals surface area contributed by atoms with Crippen molar-refractivity contribution in [2.24, 2.45) is 10.8 Å². The first-order chi connectivity index (χ1) is 9.54. The van der Waals surface area contributed by atoms with Gasteiger partial charge in [-0.1, -0.05) is 23.4 Å². The van der Waals surface area contributed by atoms with Crippen LogP contribution in [0, 0.1) is 0 Å². The predicted octanol–water partition coefficient (Wildman–Crippen LogP) is 4.01. The Hall–Kier alpha value is -1.02. The number of furan rings is 1. The summed E-state index contributed by atoms with van der Waals surface area (Å²) < 4.78 is 6.48. The van der Waals surface area contributed by atoms with Crippen LogP contribution in [0.1, 0.15) is 5.76 Å². The monoisotopic (exact) mass is 389 g/mol. The highest BCUT2D eigenvalue weighted by atomic mass is 79.9. The molecule has 0 aliphatic carbocycles. The molecule has 3 N–H and O–H groups in total. The highest BCUT2D eigenvalue weighted by Crippen LogP contribution is 2.35. The molecule has 0 radical (unpaired) electrons. The van der Waals surface area contributed by atoms with Gasteiger partial charge in [-0.05, 0) is 52.4 Å². The predicted molar refractivity (Wildman–Crippen MR) is 89.5 cm³/mol. The molecule has 1 aromatic carbocycles. The summed E-state index contributed by atoms with van der Waals surface area (Å²) in [6.45, 7) is 0. The quantitative estimate of drug-likeness (QED) is 0.469. The maximum Gasteiger partial charge on any atom is 0.184 e. The number of benzene rings is 1. The molecule has 0 saturated carbocycles. The zero-order chi connectivity index (χ0) is 14.5. The molecule has 2 rings (SSSR count). The highest BCUT2D eigenvalue weighted by molar-refractivity contribution is 9.10. The van der Waals surface area contributed by atoms with Gasteiger partial charge in [0.15, 0.2) is 10.2 Å². The Bertz CT molecular complexity index is 643. The van der Waals surface area contributed by atoms with E-state index in [1.54, 1.807) is 0 Å². The number of rotatable bonds is 4. The lowest BCUT2D eigenvalue weighted by Crippen LogP contribution is -2.23. The number of hydrogen-bond acceptors (Lipinski definition) is 4. The zero-order valence-corrected chi connectivity index (χ0v) is 13.9. The Labute approximate surface area is 138 Å². The summed E-state index contributed by atoms with van der Waals surface area (Å²) >= 11 is 15.4. The van der Waals surface area contributed by atoms with E-state index in [0.717, 1.165) is 14.5 Å². The maximum atomic E-state index is 5.85. The fraction of sp³-hybridized carbons (Fsp3) is 0. The molecule has 0 amide bonds. The first-order valence-electron chi connectivity index (χ1n) is 5.36. The van der Waals surface area contributed by atoms with Gasteiger partial charge in [-0.3, -0.25) is 5.43 Å². The fourth-order valence-electron chi connectivity index (χ4n) is 1.27. The summed E-state index contributed by atoms with van der Waals surface area (Å²) in [5, 5.41) is 5.36. The fourth-order valence-corrected chi connectivity index (χ4v) is 2.78. The maximum absolute atomic E-state index is 5.85. The molecule has 0 saturated heterocycles. The number of nitrogens with one attached hydrogen (secondary N) is 1. The molecule has 0 bridgehead atoms. The Morgan fingerprint density at radius 2 is 2.15 bits per heavy atom. The normalized spacial score (nSPS) is 10.9. The average Bonchev–Trinajstić information content (AvgIpc) is 2.72. The number of nitrogens with zero attached hydrogens (tertiary/aromatic N) is 1. The van der Waals surface area contributed by atoms with Crippen molar-refractivity contribution in [3.05, 3.63) is 45.6 Å². The Balaban J connectivity index is 2.09. The number of thiocarbonyl (C=S) groups is 1. The topological polar surface area (TPSA) is 63.5 Å². The Morgan fingerprint density at radius 1 is 1.45 bits per heavy atom. The van der Waals surface area contributed by atoms with Crippen molar-refractivity contribution < 1.29 is 4.42 Å². The Morgan fingerprint density at radius 3 is 2.80 bits per heavy atom. The third-order valence-electron chi connectivity index (χ3n) is 2.07. The molecule has 8 heteroatoms. The van der Waals surface area contributed by atoms with E-state index in [0.29, 0.717) is 10.8 Å². The van der Waals surface area contributed by atoms with Crippen LogP contribution in [0.4, 0.5) is 0 Å².